The van der Waals surface area contributed by atoms with Crippen molar-refractivity contribution in [1.29, 1.82) is 0 Å². The summed E-state index contributed by atoms with van der Waals surface area (Å²) < 4.78 is 0. The maximum atomic E-state index is 11.5. The smallest absolute Gasteiger partial charge is 0.165 e. The van der Waals surface area contributed by atoms with Crippen LogP contribution in [0.15, 0.2) is 0 Å². The lowest BCUT2D eigenvalue weighted by atomic mass is 9.81. The highest BCUT2D eigenvalue weighted by atomic mass is 16.3. The van der Waals surface area contributed by atoms with Crippen molar-refractivity contribution < 1.29 is 9.90 Å². The summed E-state index contributed by atoms with van der Waals surface area (Å²) in [4.78, 5) is 15.6. The van der Waals surface area contributed by atoms with E-state index in [0.717, 1.165) is 26.2 Å². The van der Waals surface area contributed by atoms with Crippen LogP contribution in [0.4, 0.5) is 0 Å². The SMILES string of the molecule is O=C1C2CN3CC1CN(C2)C3O. The van der Waals surface area contributed by atoms with Crippen LogP contribution in [0.5, 0.6) is 0 Å². The Labute approximate surface area is 70.8 Å². The van der Waals surface area contributed by atoms with E-state index < -0.39 is 6.35 Å². The predicted octanol–water partition coefficient (Wildman–Crippen LogP) is -1.29. The van der Waals surface area contributed by atoms with Gasteiger partial charge in [-0.2, -0.15) is 0 Å². The third-order valence-corrected chi connectivity index (χ3v) is 3.28. The fraction of sp³-hybridized carbons (Fsp3) is 0.875. The molecule has 0 atom stereocenters. The van der Waals surface area contributed by atoms with Gasteiger partial charge in [0.05, 0.1) is 0 Å². The van der Waals surface area contributed by atoms with Gasteiger partial charge in [-0.25, -0.2) is 0 Å². The second-order valence-corrected chi connectivity index (χ2v) is 4.05. The van der Waals surface area contributed by atoms with Crippen LogP contribution in [0.25, 0.3) is 0 Å². The van der Waals surface area contributed by atoms with Gasteiger partial charge in [0.15, 0.2) is 6.35 Å². The average molecular weight is 168 g/mol. The lowest BCUT2D eigenvalue weighted by Crippen LogP contribution is -2.71. The third-order valence-electron chi connectivity index (χ3n) is 3.28. The maximum Gasteiger partial charge on any atom is 0.165 e. The second kappa shape index (κ2) is 2.07. The quantitative estimate of drug-likeness (QED) is 0.488. The number of aliphatic hydroxyl groups excluding tert-OH is 1. The van der Waals surface area contributed by atoms with Crippen molar-refractivity contribution in [3.63, 3.8) is 0 Å². The molecule has 0 radical (unpaired) electrons. The zero-order valence-electron chi connectivity index (χ0n) is 6.81. The minimum absolute atomic E-state index is 0.181. The Morgan fingerprint density at radius 2 is 1.50 bits per heavy atom. The predicted molar refractivity (Wildman–Crippen MR) is 41.1 cm³/mol. The number of ketones is 1. The van der Waals surface area contributed by atoms with Crippen molar-refractivity contribution in [2.24, 2.45) is 11.8 Å². The van der Waals surface area contributed by atoms with E-state index in [1.54, 1.807) is 0 Å². The van der Waals surface area contributed by atoms with E-state index in [1.807, 2.05) is 9.80 Å². The van der Waals surface area contributed by atoms with Gasteiger partial charge >= 0.3 is 0 Å². The van der Waals surface area contributed by atoms with Crippen LogP contribution in [-0.2, 0) is 4.79 Å². The minimum Gasteiger partial charge on any atom is -0.365 e. The summed E-state index contributed by atoms with van der Waals surface area (Å²) >= 11 is 0. The highest BCUT2D eigenvalue weighted by Crippen LogP contribution is 2.33. The Morgan fingerprint density at radius 3 is 1.92 bits per heavy atom. The Balaban J connectivity index is 1.96. The first-order chi connectivity index (χ1) is 5.75. The molecule has 0 unspecified atom stereocenters. The number of Topliss-reactive ketones (excluding diaryl/α,β-unsaturated/α-hetero) is 1. The van der Waals surface area contributed by atoms with Gasteiger partial charge in [-0.3, -0.25) is 14.6 Å². The van der Waals surface area contributed by atoms with E-state index in [0.29, 0.717) is 5.78 Å². The van der Waals surface area contributed by atoms with Gasteiger partial charge in [-0.15, -0.1) is 0 Å². The maximum absolute atomic E-state index is 11.5. The Bertz CT molecular complexity index is 209. The molecule has 4 heterocycles. The number of aliphatic hydroxyl groups is 1. The molecule has 1 N–H and O–H groups in total. The van der Waals surface area contributed by atoms with E-state index >= 15 is 0 Å². The lowest BCUT2D eigenvalue weighted by molar-refractivity contribution is -0.209. The molecular weight excluding hydrogens is 156 g/mol. The molecule has 66 valence electrons. The molecule has 4 rings (SSSR count). The summed E-state index contributed by atoms with van der Waals surface area (Å²) in [7, 11) is 0. The number of nitrogens with zero attached hydrogens (tertiary/aromatic N) is 2. The molecule has 4 bridgehead atoms. The molecular formula is C8H12N2O2. The van der Waals surface area contributed by atoms with Gasteiger partial charge in [0.1, 0.15) is 5.78 Å². The Hall–Kier alpha value is -0.450. The highest BCUT2D eigenvalue weighted by molar-refractivity contribution is 5.86. The molecule has 4 heteroatoms. The zero-order chi connectivity index (χ0) is 8.29. The number of carbonyl (C=O) groups is 1. The van der Waals surface area contributed by atoms with Crippen LogP contribution in [0.3, 0.4) is 0 Å². The third kappa shape index (κ3) is 0.701. The van der Waals surface area contributed by atoms with Gasteiger partial charge in [-0.1, -0.05) is 0 Å². The van der Waals surface area contributed by atoms with Gasteiger partial charge in [0.25, 0.3) is 0 Å². The molecule has 0 amide bonds. The minimum atomic E-state index is -0.411. The van der Waals surface area contributed by atoms with E-state index in [2.05, 4.69) is 0 Å². The van der Waals surface area contributed by atoms with Gasteiger partial charge in [-0.05, 0) is 0 Å². The number of piperidine rings is 2. The molecule has 0 aromatic heterocycles. The van der Waals surface area contributed by atoms with E-state index in [9.17, 15) is 9.90 Å². The van der Waals surface area contributed by atoms with Gasteiger partial charge in [0, 0.05) is 38.0 Å². The summed E-state index contributed by atoms with van der Waals surface area (Å²) in [5, 5.41) is 9.65. The van der Waals surface area contributed by atoms with Crippen molar-refractivity contribution in [2.75, 3.05) is 26.2 Å². The van der Waals surface area contributed by atoms with Crippen molar-refractivity contribution in [3.05, 3.63) is 0 Å². The first kappa shape index (κ1) is 7.00. The summed E-state index contributed by atoms with van der Waals surface area (Å²) in [5.41, 5.74) is 0. The largest absolute Gasteiger partial charge is 0.365 e. The molecule has 4 saturated heterocycles. The first-order valence-electron chi connectivity index (χ1n) is 4.45. The van der Waals surface area contributed by atoms with Gasteiger partial charge < -0.3 is 5.11 Å². The number of hydrogen-bond acceptors (Lipinski definition) is 4. The number of hydrogen-bond donors (Lipinski definition) is 1. The molecule has 4 fully saturated rings. The normalized spacial score (nSPS) is 56.4. The standard InChI is InChI=1S/C8H12N2O2/c11-7-5-1-9-3-6(7)4-10(2-5)8(9)12/h5-6,8,12H,1-4H2. The van der Waals surface area contributed by atoms with E-state index in [1.165, 1.54) is 0 Å². The second-order valence-electron chi connectivity index (χ2n) is 4.05. The molecule has 0 saturated carbocycles. The number of carbonyl (C=O) groups excluding carboxylic acids is 1. The van der Waals surface area contributed by atoms with Crippen LogP contribution in [0.2, 0.25) is 0 Å². The molecule has 0 spiro atoms. The molecule has 4 aliphatic rings. The Morgan fingerprint density at radius 1 is 1.08 bits per heavy atom. The highest BCUT2D eigenvalue weighted by Gasteiger charge is 2.49. The van der Waals surface area contributed by atoms with Crippen molar-refractivity contribution in [3.8, 4) is 0 Å². The van der Waals surface area contributed by atoms with Crippen LogP contribution < -0.4 is 0 Å². The fourth-order valence-electron chi connectivity index (χ4n) is 2.70. The van der Waals surface area contributed by atoms with Crippen LogP contribution in [0, 0.1) is 11.8 Å². The summed E-state index contributed by atoms with van der Waals surface area (Å²) in [6.07, 6.45) is -0.411. The summed E-state index contributed by atoms with van der Waals surface area (Å²) in [6.45, 7) is 3.08. The monoisotopic (exact) mass is 168 g/mol. The first-order valence-corrected chi connectivity index (χ1v) is 4.45. The molecule has 0 aliphatic carbocycles. The fourth-order valence-corrected chi connectivity index (χ4v) is 2.70. The van der Waals surface area contributed by atoms with E-state index in [4.69, 9.17) is 0 Å². The average Bonchev–Trinajstić information content (AvgIpc) is 2.02. The lowest BCUT2D eigenvalue weighted by Gasteiger charge is -2.54. The molecule has 0 aromatic rings. The summed E-state index contributed by atoms with van der Waals surface area (Å²) in [5.74, 6) is 0.788. The summed E-state index contributed by atoms with van der Waals surface area (Å²) in [6, 6.07) is 0. The molecule has 0 aromatic carbocycles. The van der Waals surface area contributed by atoms with Crippen molar-refractivity contribution in [2.45, 2.75) is 6.35 Å². The number of rotatable bonds is 0. The molecule has 12 heavy (non-hydrogen) atoms. The van der Waals surface area contributed by atoms with Gasteiger partial charge in [0.2, 0.25) is 0 Å². The van der Waals surface area contributed by atoms with Crippen LogP contribution in [-0.4, -0.2) is 53.2 Å². The van der Waals surface area contributed by atoms with Crippen molar-refractivity contribution in [1.82, 2.24) is 9.80 Å². The van der Waals surface area contributed by atoms with Crippen LogP contribution >= 0.6 is 0 Å². The molecule has 4 aliphatic heterocycles. The van der Waals surface area contributed by atoms with Crippen molar-refractivity contribution >= 4 is 5.78 Å². The topological polar surface area (TPSA) is 43.8 Å². The molecule has 4 nitrogen and oxygen atoms in total. The van der Waals surface area contributed by atoms with Crippen LogP contribution in [0.1, 0.15) is 0 Å². The Kier molecular flexibility index (Phi) is 1.21. The van der Waals surface area contributed by atoms with E-state index in [-0.39, 0.29) is 11.8 Å². The zero-order valence-corrected chi connectivity index (χ0v) is 6.81.